The second kappa shape index (κ2) is 5.30. The number of Topliss-reactive ketones (excluding diaryl/α,β-unsaturated/α-hetero) is 1. The van der Waals surface area contributed by atoms with E-state index in [2.05, 4.69) is 0 Å². The fraction of sp³-hybridized carbons (Fsp3) is 0.429. The molecule has 0 bridgehead atoms. The van der Waals surface area contributed by atoms with Gasteiger partial charge in [0.1, 0.15) is 16.9 Å². The van der Waals surface area contributed by atoms with Crippen LogP contribution in [0.3, 0.4) is 0 Å². The lowest BCUT2D eigenvalue weighted by Crippen LogP contribution is -2.34. The summed E-state index contributed by atoms with van der Waals surface area (Å²) in [7, 11) is 2.94. The van der Waals surface area contributed by atoms with Gasteiger partial charge in [0.2, 0.25) is 0 Å². The summed E-state index contributed by atoms with van der Waals surface area (Å²) in [6, 6.07) is 3.24. The van der Waals surface area contributed by atoms with Crippen molar-refractivity contribution in [2.75, 3.05) is 14.2 Å². The number of carboxylic acids is 1. The van der Waals surface area contributed by atoms with Gasteiger partial charge in [-0.05, 0) is 32.4 Å². The van der Waals surface area contributed by atoms with Crippen LogP contribution in [-0.4, -0.2) is 31.1 Å². The number of carbonyl (C=O) groups is 2. The summed E-state index contributed by atoms with van der Waals surface area (Å²) in [6.07, 6.45) is 0. The van der Waals surface area contributed by atoms with E-state index in [1.807, 2.05) is 0 Å². The number of methoxy groups -OCH3 is 2. The molecule has 0 saturated carbocycles. The lowest BCUT2D eigenvalue weighted by Gasteiger charge is -2.21. The van der Waals surface area contributed by atoms with Gasteiger partial charge in [-0.15, -0.1) is 0 Å². The van der Waals surface area contributed by atoms with Crippen molar-refractivity contribution in [3.05, 3.63) is 23.3 Å². The van der Waals surface area contributed by atoms with E-state index in [4.69, 9.17) is 14.6 Å². The van der Waals surface area contributed by atoms with E-state index >= 15 is 0 Å². The smallest absolute Gasteiger partial charge is 0.317 e. The molecule has 0 spiro atoms. The molecule has 0 aliphatic rings. The molecule has 0 saturated heterocycles. The van der Waals surface area contributed by atoms with Crippen LogP contribution in [0.25, 0.3) is 0 Å². The van der Waals surface area contributed by atoms with Crippen molar-refractivity contribution in [3.63, 3.8) is 0 Å². The molecule has 0 fully saturated rings. The maximum absolute atomic E-state index is 12.4. The van der Waals surface area contributed by atoms with Crippen LogP contribution in [0.15, 0.2) is 12.1 Å². The van der Waals surface area contributed by atoms with E-state index in [0.29, 0.717) is 17.1 Å². The standard InChI is InChI=1S/C14H18O5/c1-8-6-9(18-4)7-10(19-5)11(8)12(15)14(2,3)13(16)17/h6-7H,1-5H3,(H,16,17). The monoisotopic (exact) mass is 266 g/mol. The zero-order valence-electron chi connectivity index (χ0n) is 11.7. The van der Waals surface area contributed by atoms with Gasteiger partial charge in [-0.2, -0.15) is 0 Å². The van der Waals surface area contributed by atoms with Crippen LogP contribution in [0.2, 0.25) is 0 Å². The second-order valence-electron chi connectivity index (χ2n) is 4.78. The molecule has 104 valence electrons. The Kier molecular flexibility index (Phi) is 4.19. The fourth-order valence-electron chi connectivity index (χ4n) is 1.70. The van der Waals surface area contributed by atoms with Crippen LogP contribution in [-0.2, 0) is 4.79 Å². The van der Waals surface area contributed by atoms with Crippen LogP contribution in [0, 0.1) is 12.3 Å². The topological polar surface area (TPSA) is 72.8 Å². The van der Waals surface area contributed by atoms with Gasteiger partial charge in [0.15, 0.2) is 5.78 Å². The number of aryl methyl sites for hydroxylation is 1. The number of carboxylic acid groups (broad SMARTS) is 1. The van der Waals surface area contributed by atoms with Crippen molar-refractivity contribution in [3.8, 4) is 11.5 Å². The number of carbonyl (C=O) groups excluding carboxylic acids is 1. The minimum Gasteiger partial charge on any atom is -0.497 e. The Bertz CT molecular complexity index is 517. The third-order valence-electron chi connectivity index (χ3n) is 3.06. The fourth-order valence-corrected chi connectivity index (χ4v) is 1.70. The highest BCUT2D eigenvalue weighted by Gasteiger charge is 2.38. The Balaban J connectivity index is 3.42. The molecule has 0 aliphatic heterocycles. The third kappa shape index (κ3) is 2.70. The third-order valence-corrected chi connectivity index (χ3v) is 3.06. The molecular formula is C14H18O5. The summed E-state index contributed by atoms with van der Waals surface area (Å²) in [4.78, 5) is 23.6. The van der Waals surface area contributed by atoms with Crippen molar-refractivity contribution < 1.29 is 24.2 Å². The summed E-state index contributed by atoms with van der Waals surface area (Å²) >= 11 is 0. The van der Waals surface area contributed by atoms with E-state index in [9.17, 15) is 9.59 Å². The first-order valence-corrected chi connectivity index (χ1v) is 5.76. The van der Waals surface area contributed by atoms with Gasteiger partial charge in [0, 0.05) is 6.07 Å². The molecule has 19 heavy (non-hydrogen) atoms. The minimum atomic E-state index is -1.51. The highest BCUT2D eigenvalue weighted by molar-refractivity contribution is 6.13. The molecular weight excluding hydrogens is 248 g/mol. The molecule has 1 N–H and O–H groups in total. The molecule has 1 aromatic rings. The number of rotatable bonds is 5. The second-order valence-corrected chi connectivity index (χ2v) is 4.78. The highest BCUT2D eigenvalue weighted by atomic mass is 16.5. The van der Waals surface area contributed by atoms with E-state index in [-0.39, 0.29) is 5.56 Å². The zero-order valence-corrected chi connectivity index (χ0v) is 11.7. The Labute approximate surface area is 112 Å². The SMILES string of the molecule is COc1cc(C)c(C(=O)C(C)(C)C(=O)O)c(OC)c1. The molecule has 1 rings (SSSR count). The first-order valence-electron chi connectivity index (χ1n) is 5.76. The van der Waals surface area contributed by atoms with Crippen LogP contribution < -0.4 is 9.47 Å². The molecule has 0 unspecified atom stereocenters. The first kappa shape index (κ1) is 15.0. The van der Waals surface area contributed by atoms with Gasteiger partial charge in [0.05, 0.1) is 19.8 Å². The van der Waals surface area contributed by atoms with Crippen molar-refractivity contribution in [2.24, 2.45) is 5.41 Å². The van der Waals surface area contributed by atoms with Gasteiger partial charge in [-0.1, -0.05) is 0 Å². The molecule has 0 atom stereocenters. The number of hydrogen-bond donors (Lipinski definition) is 1. The van der Waals surface area contributed by atoms with Gasteiger partial charge < -0.3 is 14.6 Å². The molecule has 0 aromatic heterocycles. The number of hydrogen-bond acceptors (Lipinski definition) is 4. The van der Waals surface area contributed by atoms with E-state index in [0.717, 1.165) is 0 Å². The lowest BCUT2D eigenvalue weighted by atomic mass is 9.82. The summed E-state index contributed by atoms with van der Waals surface area (Å²) < 4.78 is 10.3. The van der Waals surface area contributed by atoms with Crippen molar-refractivity contribution in [2.45, 2.75) is 20.8 Å². The molecule has 0 amide bonds. The molecule has 5 nitrogen and oxygen atoms in total. The van der Waals surface area contributed by atoms with E-state index < -0.39 is 17.2 Å². The summed E-state index contributed by atoms with van der Waals surface area (Å²) in [5.74, 6) is -0.790. The quantitative estimate of drug-likeness (QED) is 0.654. The van der Waals surface area contributed by atoms with E-state index in [1.165, 1.54) is 28.1 Å². The van der Waals surface area contributed by atoms with Gasteiger partial charge in [0.25, 0.3) is 0 Å². The number of aliphatic carboxylic acids is 1. The first-order chi connectivity index (χ1) is 8.75. The maximum atomic E-state index is 12.4. The van der Waals surface area contributed by atoms with Gasteiger partial charge >= 0.3 is 5.97 Å². The average Bonchev–Trinajstić information content (AvgIpc) is 2.36. The Morgan fingerprint density at radius 2 is 1.74 bits per heavy atom. The van der Waals surface area contributed by atoms with Crippen molar-refractivity contribution in [1.29, 1.82) is 0 Å². The molecule has 5 heteroatoms. The summed E-state index contributed by atoms with van der Waals surface area (Å²) in [6.45, 7) is 4.47. The largest absolute Gasteiger partial charge is 0.497 e. The zero-order chi connectivity index (χ0) is 14.8. The Morgan fingerprint density at radius 3 is 2.16 bits per heavy atom. The van der Waals surface area contributed by atoms with Crippen molar-refractivity contribution in [1.82, 2.24) is 0 Å². The Morgan fingerprint density at radius 1 is 1.16 bits per heavy atom. The molecule has 1 aromatic carbocycles. The molecule has 0 aliphatic carbocycles. The van der Waals surface area contributed by atoms with E-state index in [1.54, 1.807) is 19.1 Å². The molecule has 0 heterocycles. The van der Waals surface area contributed by atoms with Crippen LogP contribution in [0.5, 0.6) is 11.5 Å². The van der Waals surface area contributed by atoms with Crippen LogP contribution >= 0.6 is 0 Å². The lowest BCUT2D eigenvalue weighted by molar-refractivity contribution is -0.144. The molecule has 0 radical (unpaired) electrons. The van der Waals surface area contributed by atoms with Crippen LogP contribution in [0.4, 0.5) is 0 Å². The van der Waals surface area contributed by atoms with Crippen molar-refractivity contribution >= 4 is 11.8 Å². The number of ether oxygens (including phenoxy) is 2. The highest BCUT2D eigenvalue weighted by Crippen LogP contribution is 2.33. The average molecular weight is 266 g/mol. The van der Waals surface area contributed by atoms with Gasteiger partial charge in [-0.3, -0.25) is 9.59 Å². The summed E-state index contributed by atoms with van der Waals surface area (Å²) in [5.41, 5.74) is -0.613. The summed E-state index contributed by atoms with van der Waals surface area (Å²) in [5, 5.41) is 9.14. The maximum Gasteiger partial charge on any atom is 0.317 e. The van der Waals surface area contributed by atoms with Gasteiger partial charge in [-0.25, -0.2) is 0 Å². The number of ketones is 1. The predicted octanol–water partition coefficient (Wildman–Crippen LogP) is 2.31. The minimum absolute atomic E-state index is 0.274. The number of benzene rings is 1. The normalized spacial score (nSPS) is 11.0. The van der Waals surface area contributed by atoms with Crippen LogP contribution in [0.1, 0.15) is 29.8 Å². The Hall–Kier alpha value is -2.04. The predicted molar refractivity (Wildman–Crippen MR) is 70.0 cm³/mol.